The van der Waals surface area contributed by atoms with E-state index in [9.17, 15) is 9.59 Å². The average molecular weight is 251 g/mol. The van der Waals surface area contributed by atoms with Gasteiger partial charge in [0.15, 0.2) is 5.56 Å². The van der Waals surface area contributed by atoms with Crippen LogP contribution in [0.3, 0.4) is 0 Å². The van der Waals surface area contributed by atoms with Crippen molar-refractivity contribution in [3.63, 3.8) is 0 Å². The first-order valence-corrected chi connectivity index (χ1v) is 6.01. The van der Waals surface area contributed by atoms with E-state index < -0.39 is 17.7 Å². The molecule has 0 aliphatic heterocycles. The van der Waals surface area contributed by atoms with Crippen LogP contribution in [0, 0.1) is 5.92 Å². The quantitative estimate of drug-likeness (QED) is 0.412. The summed E-state index contributed by atoms with van der Waals surface area (Å²) in [5, 5.41) is 0. The van der Waals surface area contributed by atoms with Gasteiger partial charge < -0.3 is 9.47 Å². The highest BCUT2D eigenvalue weighted by Crippen LogP contribution is 2.15. The van der Waals surface area contributed by atoms with Crippen molar-refractivity contribution in [1.82, 2.24) is 0 Å². The summed E-state index contributed by atoms with van der Waals surface area (Å²) < 4.78 is 9.05. The summed E-state index contributed by atoms with van der Waals surface area (Å²) in [6.45, 7) is 5.44. The van der Waals surface area contributed by atoms with Crippen molar-refractivity contribution in [2.24, 2.45) is 5.92 Å². The normalized spacial score (nSPS) is 12.3. The van der Waals surface area contributed by atoms with Crippen molar-refractivity contribution in [2.75, 3.05) is 0 Å². The van der Waals surface area contributed by atoms with Gasteiger partial charge in [0.05, 0.1) is 5.92 Å². The fraction of sp³-hybridized carbons (Fsp3) is 0.818. The van der Waals surface area contributed by atoms with Gasteiger partial charge >= 0.3 is 12.1 Å². The van der Waals surface area contributed by atoms with Crippen LogP contribution in [0.2, 0.25) is 0 Å². The number of carbonyl (C=O) groups excluding carboxylic acids is 2. The van der Waals surface area contributed by atoms with Crippen molar-refractivity contribution in [3.05, 3.63) is 0 Å². The lowest BCUT2D eigenvalue weighted by molar-refractivity contribution is -0.145. The molecule has 0 aromatic rings. The van der Waals surface area contributed by atoms with Crippen LogP contribution in [0.4, 0.5) is 4.79 Å². The van der Waals surface area contributed by atoms with E-state index in [1.165, 1.54) is 6.92 Å². The van der Waals surface area contributed by atoms with Crippen LogP contribution in [0.25, 0.3) is 0 Å². The standard InChI is InChI=1S/C11H19ClO4/c1-4-6-9(7-5-2)10(13)16-11(14)15-8(3)12/h8-9H,4-7H2,1-3H3. The van der Waals surface area contributed by atoms with Crippen molar-refractivity contribution >= 4 is 23.7 Å². The zero-order valence-corrected chi connectivity index (χ0v) is 10.8. The number of rotatable bonds is 6. The molecular weight excluding hydrogens is 232 g/mol. The second-order valence-corrected chi connectivity index (χ2v) is 4.22. The van der Waals surface area contributed by atoms with E-state index in [1.54, 1.807) is 0 Å². The lowest BCUT2D eigenvalue weighted by Crippen LogP contribution is -2.23. The molecule has 94 valence electrons. The minimum atomic E-state index is -1.02. The van der Waals surface area contributed by atoms with Gasteiger partial charge in [0, 0.05) is 0 Å². The highest BCUT2D eigenvalue weighted by molar-refractivity contribution is 6.19. The first-order valence-electron chi connectivity index (χ1n) is 5.57. The molecule has 0 spiro atoms. The molecule has 1 unspecified atom stereocenters. The van der Waals surface area contributed by atoms with Crippen LogP contribution in [0.1, 0.15) is 46.5 Å². The van der Waals surface area contributed by atoms with Gasteiger partial charge in [-0.05, 0) is 19.8 Å². The molecule has 0 rings (SSSR count). The Kier molecular flexibility index (Phi) is 7.99. The topological polar surface area (TPSA) is 52.6 Å². The Labute approximate surface area is 101 Å². The molecular formula is C11H19ClO4. The van der Waals surface area contributed by atoms with E-state index in [1.807, 2.05) is 13.8 Å². The van der Waals surface area contributed by atoms with Crippen molar-refractivity contribution in [1.29, 1.82) is 0 Å². The minimum absolute atomic E-state index is 0.229. The number of esters is 1. The number of carbonyl (C=O) groups is 2. The third-order valence-corrected chi connectivity index (χ3v) is 2.14. The first-order chi connectivity index (χ1) is 7.51. The van der Waals surface area contributed by atoms with Gasteiger partial charge in [0.25, 0.3) is 0 Å². The van der Waals surface area contributed by atoms with E-state index in [-0.39, 0.29) is 5.92 Å². The lowest BCUT2D eigenvalue weighted by Gasteiger charge is -2.13. The molecule has 4 nitrogen and oxygen atoms in total. The zero-order chi connectivity index (χ0) is 12.6. The molecule has 0 N–H and O–H groups in total. The molecule has 0 bridgehead atoms. The summed E-state index contributed by atoms with van der Waals surface area (Å²) in [6.07, 6.45) is 2.17. The molecule has 1 atom stereocenters. The second-order valence-electron chi connectivity index (χ2n) is 3.61. The Hall–Kier alpha value is -0.770. The molecule has 0 heterocycles. The SMILES string of the molecule is CCCC(CCC)C(=O)OC(=O)OC(C)Cl. The maximum atomic E-state index is 11.5. The predicted molar refractivity (Wildman–Crippen MR) is 61.2 cm³/mol. The van der Waals surface area contributed by atoms with Crippen LogP contribution in [0.15, 0.2) is 0 Å². The van der Waals surface area contributed by atoms with Gasteiger partial charge in [-0.15, -0.1) is 0 Å². The van der Waals surface area contributed by atoms with E-state index in [4.69, 9.17) is 11.6 Å². The lowest BCUT2D eigenvalue weighted by atomic mass is 9.99. The van der Waals surface area contributed by atoms with E-state index in [0.29, 0.717) is 0 Å². The number of alkyl halides is 1. The molecule has 0 saturated carbocycles. The van der Waals surface area contributed by atoms with E-state index in [0.717, 1.165) is 25.7 Å². The van der Waals surface area contributed by atoms with Crippen LogP contribution >= 0.6 is 11.6 Å². The van der Waals surface area contributed by atoms with Crippen molar-refractivity contribution in [3.8, 4) is 0 Å². The fourth-order valence-electron chi connectivity index (χ4n) is 1.40. The van der Waals surface area contributed by atoms with Crippen molar-refractivity contribution in [2.45, 2.75) is 52.0 Å². The maximum absolute atomic E-state index is 11.5. The Balaban J connectivity index is 4.13. The summed E-state index contributed by atoms with van der Waals surface area (Å²) in [5.41, 5.74) is -0.795. The van der Waals surface area contributed by atoms with Gasteiger partial charge in [-0.3, -0.25) is 4.79 Å². The molecule has 0 radical (unpaired) electrons. The van der Waals surface area contributed by atoms with E-state index in [2.05, 4.69) is 9.47 Å². The second kappa shape index (κ2) is 8.39. The summed E-state index contributed by atoms with van der Waals surface area (Å²) in [5.74, 6) is -0.751. The molecule has 0 amide bonds. The highest BCUT2D eigenvalue weighted by atomic mass is 35.5. The molecule has 0 saturated heterocycles. The summed E-state index contributed by atoms with van der Waals surface area (Å²) in [7, 11) is 0. The van der Waals surface area contributed by atoms with Gasteiger partial charge in [-0.1, -0.05) is 38.3 Å². The monoisotopic (exact) mass is 250 g/mol. The summed E-state index contributed by atoms with van der Waals surface area (Å²) in [4.78, 5) is 22.6. The zero-order valence-electron chi connectivity index (χ0n) is 9.99. The van der Waals surface area contributed by atoms with Crippen molar-refractivity contribution < 1.29 is 19.1 Å². The number of halogens is 1. The van der Waals surface area contributed by atoms with Crippen LogP contribution in [-0.2, 0) is 14.3 Å². The summed E-state index contributed by atoms with van der Waals surface area (Å²) >= 11 is 5.42. The average Bonchev–Trinajstić information content (AvgIpc) is 2.15. The third kappa shape index (κ3) is 6.67. The molecule has 16 heavy (non-hydrogen) atoms. The molecule has 0 aromatic heterocycles. The van der Waals surface area contributed by atoms with Crippen LogP contribution in [-0.4, -0.2) is 17.7 Å². The molecule has 0 fully saturated rings. The van der Waals surface area contributed by atoms with E-state index >= 15 is 0 Å². The molecule has 0 aliphatic carbocycles. The fourth-order valence-corrected chi connectivity index (χ4v) is 1.47. The van der Waals surface area contributed by atoms with Gasteiger partial charge in [0.2, 0.25) is 0 Å². The Morgan fingerprint density at radius 2 is 1.69 bits per heavy atom. The highest BCUT2D eigenvalue weighted by Gasteiger charge is 2.22. The maximum Gasteiger partial charge on any atom is 0.517 e. The third-order valence-electron chi connectivity index (χ3n) is 2.05. The smallest absolute Gasteiger partial charge is 0.415 e. The Morgan fingerprint density at radius 1 is 1.19 bits per heavy atom. The van der Waals surface area contributed by atoms with Gasteiger partial charge in [0.1, 0.15) is 0 Å². The number of ether oxygens (including phenoxy) is 2. The minimum Gasteiger partial charge on any atom is -0.415 e. The Morgan fingerprint density at radius 3 is 2.06 bits per heavy atom. The van der Waals surface area contributed by atoms with Gasteiger partial charge in [-0.2, -0.15) is 0 Å². The molecule has 5 heteroatoms. The predicted octanol–water partition coefficient (Wildman–Crippen LogP) is 3.47. The number of hydrogen-bond donors (Lipinski definition) is 0. The summed E-state index contributed by atoms with van der Waals surface area (Å²) in [6, 6.07) is 0. The Bertz CT molecular complexity index is 222. The van der Waals surface area contributed by atoms with Crippen LogP contribution in [0.5, 0.6) is 0 Å². The van der Waals surface area contributed by atoms with Gasteiger partial charge in [-0.25, -0.2) is 4.79 Å². The molecule has 0 aliphatic rings. The van der Waals surface area contributed by atoms with Crippen LogP contribution < -0.4 is 0 Å². The first kappa shape index (κ1) is 15.2. The number of hydrogen-bond acceptors (Lipinski definition) is 4. The largest absolute Gasteiger partial charge is 0.517 e. The molecule has 0 aromatic carbocycles.